The minimum atomic E-state index is -0.531. The lowest BCUT2D eigenvalue weighted by Gasteiger charge is -2.15. The highest BCUT2D eigenvalue weighted by Gasteiger charge is 2.17. The van der Waals surface area contributed by atoms with E-state index in [2.05, 4.69) is 5.32 Å². The Balaban J connectivity index is 1.90. The SMILES string of the molecule is Cc1ccc(C)c(CNC(=O)c2cc(F)cc(-c3ccccc3C(=O)N(C)C)c2)c1. The van der Waals surface area contributed by atoms with Crippen molar-refractivity contribution in [2.24, 2.45) is 0 Å². The summed E-state index contributed by atoms with van der Waals surface area (Å²) in [6.07, 6.45) is 0. The molecule has 3 aromatic carbocycles. The van der Waals surface area contributed by atoms with E-state index in [1.54, 1.807) is 44.4 Å². The summed E-state index contributed by atoms with van der Waals surface area (Å²) in [4.78, 5) is 26.7. The molecule has 0 aliphatic rings. The molecule has 5 heteroatoms. The summed E-state index contributed by atoms with van der Waals surface area (Å²) >= 11 is 0. The number of aryl methyl sites for hydroxylation is 2. The molecule has 0 spiro atoms. The van der Waals surface area contributed by atoms with Crippen molar-refractivity contribution >= 4 is 11.8 Å². The van der Waals surface area contributed by atoms with E-state index in [0.29, 0.717) is 23.2 Å². The van der Waals surface area contributed by atoms with Crippen molar-refractivity contribution in [3.8, 4) is 11.1 Å². The van der Waals surface area contributed by atoms with Gasteiger partial charge in [-0.05, 0) is 60.4 Å². The quantitative estimate of drug-likeness (QED) is 0.668. The lowest BCUT2D eigenvalue weighted by Crippen LogP contribution is -2.24. The van der Waals surface area contributed by atoms with Gasteiger partial charge in [0.2, 0.25) is 0 Å². The van der Waals surface area contributed by atoms with Crippen molar-refractivity contribution in [3.05, 3.63) is 94.3 Å². The number of benzene rings is 3. The molecule has 1 N–H and O–H groups in total. The Labute approximate surface area is 176 Å². The molecule has 0 saturated heterocycles. The van der Waals surface area contributed by atoms with E-state index in [1.807, 2.05) is 32.0 Å². The van der Waals surface area contributed by atoms with Crippen molar-refractivity contribution in [2.75, 3.05) is 14.1 Å². The Morgan fingerprint density at radius 1 is 0.967 bits per heavy atom. The van der Waals surface area contributed by atoms with Gasteiger partial charge in [-0.1, -0.05) is 42.0 Å². The van der Waals surface area contributed by atoms with E-state index in [-0.39, 0.29) is 17.4 Å². The molecule has 2 amide bonds. The molecule has 4 nitrogen and oxygen atoms in total. The number of nitrogens with one attached hydrogen (secondary N) is 1. The molecule has 0 aliphatic carbocycles. The van der Waals surface area contributed by atoms with Crippen molar-refractivity contribution in [2.45, 2.75) is 20.4 Å². The standard InChI is InChI=1S/C25H25FN2O2/c1-16-9-10-17(2)20(11-16)15-27-24(29)19-12-18(13-21(26)14-19)22-7-5-6-8-23(22)25(30)28(3)4/h5-14H,15H2,1-4H3,(H,27,29). The fourth-order valence-corrected chi connectivity index (χ4v) is 3.31. The van der Waals surface area contributed by atoms with Crippen LogP contribution in [0.2, 0.25) is 0 Å². The van der Waals surface area contributed by atoms with Gasteiger partial charge < -0.3 is 10.2 Å². The van der Waals surface area contributed by atoms with Crippen LogP contribution in [0, 0.1) is 19.7 Å². The molecule has 3 aromatic rings. The van der Waals surface area contributed by atoms with Crippen LogP contribution in [0.3, 0.4) is 0 Å². The number of rotatable bonds is 5. The van der Waals surface area contributed by atoms with Crippen LogP contribution in [-0.2, 0) is 6.54 Å². The second-order valence-electron chi connectivity index (χ2n) is 7.59. The molecular formula is C25H25FN2O2. The molecule has 0 aliphatic heterocycles. The topological polar surface area (TPSA) is 49.4 Å². The number of carbonyl (C=O) groups is 2. The Morgan fingerprint density at radius 2 is 1.70 bits per heavy atom. The van der Waals surface area contributed by atoms with Gasteiger partial charge in [-0.2, -0.15) is 0 Å². The maximum absolute atomic E-state index is 14.4. The number of amides is 2. The van der Waals surface area contributed by atoms with Gasteiger partial charge in [0.1, 0.15) is 5.82 Å². The largest absolute Gasteiger partial charge is 0.348 e. The fourth-order valence-electron chi connectivity index (χ4n) is 3.31. The van der Waals surface area contributed by atoms with Crippen molar-refractivity contribution in [3.63, 3.8) is 0 Å². The molecule has 0 unspecified atom stereocenters. The lowest BCUT2D eigenvalue weighted by atomic mass is 9.97. The molecule has 30 heavy (non-hydrogen) atoms. The molecule has 0 fully saturated rings. The minimum Gasteiger partial charge on any atom is -0.348 e. The van der Waals surface area contributed by atoms with Crippen LogP contribution in [0.5, 0.6) is 0 Å². The highest BCUT2D eigenvalue weighted by molar-refractivity contribution is 6.01. The summed E-state index contributed by atoms with van der Waals surface area (Å²) in [6.45, 7) is 4.34. The van der Waals surface area contributed by atoms with E-state index in [0.717, 1.165) is 16.7 Å². The predicted molar refractivity (Wildman–Crippen MR) is 117 cm³/mol. The second-order valence-corrected chi connectivity index (χ2v) is 7.59. The zero-order valence-electron chi connectivity index (χ0n) is 17.6. The Bertz CT molecular complexity index is 1110. The van der Waals surface area contributed by atoms with Crippen molar-refractivity contribution in [1.29, 1.82) is 0 Å². The van der Waals surface area contributed by atoms with Crippen LogP contribution in [0.25, 0.3) is 11.1 Å². The minimum absolute atomic E-state index is 0.184. The van der Waals surface area contributed by atoms with Crippen LogP contribution in [0.1, 0.15) is 37.4 Å². The van der Waals surface area contributed by atoms with Gasteiger partial charge in [-0.25, -0.2) is 4.39 Å². The first-order valence-electron chi connectivity index (χ1n) is 9.72. The maximum Gasteiger partial charge on any atom is 0.253 e. The van der Waals surface area contributed by atoms with Gasteiger partial charge in [0, 0.05) is 31.8 Å². The van der Waals surface area contributed by atoms with Crippen molar-refractivity contribution < 1.29 is 14.0 Å². The second kappa shape index (κ2) is 8.91. The van der Waals surface area contributed by atoms with Gasteiger partial charge in [0.15, 0.2) is 0 Å². The molecule has 0 bridgehead atoms. The predicted octanol–water partition coefficient (Wildman–Crippen LogP) is 4.74. The monoisotopic (exact) mass is 404 g/mol. The summed E-state index contributed by atoms with van der Waals surface area (Å²) in [6, 6.07) is 17.2. The number of nitrogens with zero attached hydrogens (tertiary/aromatic N) is 1. The summed E-state index contributed by atoms with van der Waals surface area (Å²) in [5.74, 6) is -1.08. The first-order chi connectivity index (χ1) is 14.3. The number of halogens is 1. The fraction of sp³-hybridized carbons (Fsp3) is 0.200. The molecule has 0 saturated carbocycles. The van der Waals surface area contributed by atoms with Crippen LogP contribution in [-0.4, -0.2) is 30.8 Å². The molecule has 0 aromatic heterocycles. The van der Waals surface area contributed by atoms with Crippen LogP contribution in [0.15, 0.2) is 60.7 Å². The Hall–Kier alpha value is -3.47. The van der Waals surface area contributed by atoms with Gasteiger partial charge in [-0.3, -0.25) is 9.59 Å². The average molecular weight is 404 g/mol. The maximum atomic E-state index is 14.4. The van der Waals surface area contributed by atoms with Crippen LogP contribution >= 0.6 is 0 Å². The van der Waals surface area contributed by atoms with Gasteiger partial charge in [-0.15, -0.1) is 0 Å². The first-order valence-corrected chi connectivity index (χ1v) is 9.72. The summed E-state index contributed by atoms with van der Waals surface area (Å²) in [5, 5.41) is 2.86. The van der Waals surface area contributed by atoms with Gasteiger partial charge >= 0.3 is 0 Å². The van der Waals surface area contributed by atoms with E-state index >= 15 is 0 Å². The highest BCUT2D eigenvalue weighted by atomic mass is 19.1. The first kappa shape index (κ1) is 21.2. The number of hydrogen-bond donors (Lipinski definition) is 1. The third-order valence-electron chi connectivity index (χ3n) is 4.98. The average Bonchev–Trinajstić information content (AvgIpc) is 2.73. The normalized spacial score (nSPS) is 10.6. The molecular weight excluding hydrogens is 379 g/mol. The zero-order chi connectivity index (χ0) is 21.8. The Kier molecular flexibility index (Phi) is 6.31. The molecule has 0 atom stereocenters. The smallest absolute Gasteiger partial charge is 0.253 e. The zero-order valence-corrected chi connectivity index (χ0v) is 17.6. The van der Waals surface area contributed by atoms with Crippen LogP contribution in [0.4, 0.5) is 4.39 Å². The third kappa shape index (κ3) is 4.74. The summed E-state index contributed by atoms with van der Waals surface area (Å²) in [7, 11) is 3.33. The lowest BCUT2D eigenvalue weighted by molar-refractivity contribution is 0.0828. The summed E-state index contributed by atoms with van der Waals surface area (Å²) in [5.41, 5.74) is 4.94. The molecule has 0 heterocycles. The van der Waals surface area contributed by atoms with E-state index < -0.39 is 5.82 Å². The third-order valence-corrected chi connectivity index (χ3v) is 4.98. The van der Waals surface area contributed by atoms with Gasteiger partial charge in [0.25, 0.3) is 11.8 Å². The van der Waals surface area contributed by atoms with Crippen LogP contribution < -0.4 is 5.32 Å². The van der Waals surface area contributed by atoms with E-state index in [1.165, 1.54) is 17.0 Å². The molecule has 3 rings (SSSR count). The number of carbonyl (C=O) groups excluding carboxylic acids is 2. The van der Waals surface area contributed by atoms with E-state index in [4.69, 9.17) is 0 Å². The highest BCUT2D eigenvalue weighted by Crippen LogP contribution is 2.26. The number of hydrogen-bond acceptors (Lipinski definition) is 2. The molecule has 0 radical (unpaired) electrons. The summed E-state index contributed by atoms with van der Waals surface area (Å²) < 4.78 is 14.4. The molecule has 154 valence electrons. The van der Waals surface area contributed by atoms with Gasteiger partial charge in [0.05, 0.1) is 0 Å². The Morgan fingerprint density at radius 3 is 2.43 bits per heavy atom. The van der Waals surface area contributed by atoms with Crippen molar-refractivity contribution in [1.82, 2.24) is 10.2 Å². The van der Waals surface area contributed by atoms with E-state index in [9.17, 15) is 14.0 Å².